The molecule has 3 aromatic rings. The molecule has 0 fully saturated rings. The molecule has 1 amide bonds. The van der Waals surface area contributed by atoms with Gasteiger partial charge in [0.15, 0.2) is 0 Å². The third kappa shape index (κ3) is 5.08. The molecule has 2 aromatic heterocycles. The molecule has 0 bridgehead atoms. The fraction of sp³-hybridized carbons (Fsp3) is 0.227. The number of rotatable bonds is 6. The Labute approximate surface area is 170 Å². The van der Waals surface area contributed by atoms with Crippen molar-refractivity contribution in [1.82, 2.24) is 15.3 Å². The summed E-state index contributed by atoms with van der Waals surface area (Å²) in [5, 5.41) is 6.83. The zero-order chi connectivity index (χ0) is 20.1. The van der Waals surface area contributed by atoms with Gasteiger partial charge < -0.3 is 10.6 Å². The lowest BCUT2D eigenvalue weighted by Crippen LogP contribution is -2.24. The monoisotopic (exact) mass is 394 g/mol. The molecular weight excluding hydrogens is 372 g/mol. The number of hydrogen-bond acceptors (Lipinski definition) is 4. The lowest BCUT2D eigenvalue weighted by atomic mass is 9.98. The summed E-state index contributed by atoms with van der Waals surface area (Å²) in [7, 11) is 0. The number of aromatic nitrogens is 2. The van der Waals surface area contributed by atoms with Crippen molar-refractivity contribution in [3.8, 4) is 0 Å². The van der Waals surface area contributed by atoms with Gasteiger partial charge >= 0.3 is 0 Å². The number of pyridine rings is 2. The zero-order valence-electron chi connectivity index (χ0n) is 16.2. The van der Waals surface area contributed by atoms with Crippen LogP contribution in [0, 0.1) is 6.92 Å². The summed E-state index contributed by atoms with van der Waals surface area (Å²) in [5.41, 5.74) is 4.26. The Morgan fingerprint density at radius 3 is 2.61 bits per heavy atom. The number of carbonyl (C=O) groups is 1. The highest BCUT2D eigenvalue weighted by Gasteiger charge is 2.15. The van der Waals surface area contributed by atoms with Crippen molar-refractivity contribution in [3.05, 3.63) is 82.3 Å². The van der Waals surface area contributed by atoms with E-state index in [4.69, 9.17) is 11.6 Å². The van der Waals surface area contributed by atoms with E-state index >= 15 is 0 Å². The summed E-state index contributed by atoms with van der Waals surface area (Å²) in [4.78, 5) is 21.4. The normalized spacial score (nSPS) is 10.8. The molecule has 0 spiro atoms. The van der Waals surface area contributed by atoms with Gasteiger partial charge in [-0.1, -0.05) is 37.6 Å². The maximum Gasteiger partial charge on any atom is 0.253 e. The van der Waals surface area contributed by atoms with E-state index in [0.29, 0.717) is 22.9 Å². The highest BCUT2D eigenvalue weighted by molar-refractivity contribution is 6.30. The predicted octanol–water partition coefficient (Wildman–Crippen LogP) is 5.24. The molecule has 0 unspecified atom stereocenters. The van der Waals surface area contributed by atoms with E-state index in [9.17, 15) is 4.79 Å². The number of carbonyl (C=O) groups excluding carboxylic acids is 1. The van der Waals surface area contributed by atoms with Gasteiger partial charge in [-0.2, -0.15) is 0 Å². The van der Waals surface area contributed by atoms with Gasteiger partial charge in [0.2, 0.25) is 0 Å². The Bertz CT molecular complexity index is 971. The third-order valence-corrected chi connectivity index (χ3v) is 4.56. The summed E-state index contributed by atoms with van der Waals surface area (Å²) in [5.74, 6) is 0.695. The Morgan fingerprint density at radius 2 is 1.93 bits per heavy atom. The van der Waals surface area contributed by atoms with Crippen molar-refractivity contribution in [3.63, 3.8) is 0 Å². The Hall–Kier alpha value is -2.92. The molecule has 0 radical (unpaired) electrons. The van der Waals surface area contributed by atoms with Crippen molar-refractivity contribution in [2.75, 3.05) is 5.32 Å². The lowest BCUT2D eigenvalue weighted by molar-refractivity contribution is 0.0949. The van der Waals surface area contributed by atoms with Gasteiger partial charge in [0.1, 0.15) is 5.82 Å². The molecule has 144 valence electrons. The van der Waals surface area contributed by atoms with Crippen LogP contribution in [0.3, 0.4) is 0 Å². The first kappa shape index (κ1) is 19.8. The quantitative estimate of drug-likeness (QED) is 0.600. The highest BCUT2D eigenvalue weighted by atomic mass is 35.5. The van der Waals surface area contributed by atoms with Crippen molar-refractivity contribution in [2.45, 2.75) is 33.2 Å². The second-order valence-electron chi connectivity index (χ2n) is 6.94. The molecule has 6 heteroatoms. The molecule has 0 atom stereocenters. The SMILES string of the molecule is Cc1ccc(CNC(=O)c2cnc(Nc3cccc(Cl)c3)cc2C(C)C)cn1. The van der Waals surface area contributed by atoms with E-state index in [1.807, 2.05) is 49.4 Å². The minimum Gasteiger partial charge on any atom is -0.348 e. The van der Waals surface area contributed by atoms with Crippen LogP contribution in [0.2, 0.25) is 5.02 Å². The summed E-state index contributed by atoms with van der Waals surface area (Å²) < 4.78 is 0. The molecule has 0 aliphatic rings. The largest absolute Gasteiger partial charge is 0.348 e. The molecule has 0 aliphatic heterocycles. The topological polar surface area (TPSA) is 66.9 Å². The summed E-state index contributed by atoms with van der Waals surface area (Å²) >= 11 is 6.04. The van der Waals surface area contributed by atoms with Gasteiger partial charge in [0.05, 0.1) is 5.56 Å². The second kappa shape index (κ2) is 8.85. The van der Waals surface area contributed by atoms with Gasteiger partial charge in [-0.3, -0.25) is 9.78 Å². The first-order valence-electron chi connectivity index (χ1n) is 9.14. The third-order valence-electron chi connectivity index (χ3n) is 4.33. The van der Waals surface area contributed by atoms with E-state index in [2.05, 4.69) is 34.4 Å². The molecule has 1 aromatic carbocycles. The van der Waals surface area contributed by atoms with Crippen molar-refractivity contribution < 1.29 is 4.79 Å². The summed E-state index contributed by atoms with van der Waals surface area (Å²) in [6, 6.07) is 13.2. The number of benzene rings is 1. The Morgan fingerprint density at radius 1 is 1.11 bits per heavy atom. The van der Waals surface area contributed by atoms with Crippen molar-refractivity contribution >= 4 is 29.0 Å². The smallest absolute Gasteiger partial charge is 0.253 e. The van der Waals surface area contributed by atoms with E-state index < -0.39 is 0 Å². The minimum absolute atomic E-state index is 0.147. The molecule has 0 saturated heterocycles. The van der Waals surface area contributed by atoms with E-state index in [1.165, 1.54) is 0 Å². The molecular formula is C22H23ClN4O. The average Bonchev–Trinajstić information content (AvgIpc) is 2.67. The molecule has 2 N–H and O–H groups in total. The molecule has 0 aliphatic carbocycles. The molecule has 2 heterocycles. The molecule has 28 heavy (non-hydrogen) atoms. The number of hydrogen-bond donors (Lipinski definition) is 2. The minimum atomic E-state index is -0.147. The lowest BCUT2D eigenvalue weighted by Gasteiger charge is -2.15. The number of halogens is 1. The van der Waals surface area contributed by atoms with Crippen LogP contribution in [-0.2, 0) is 6.54 Å². The highest BCUT2D eigenvalue weighted by Crippen LogP contribution is 2.25. The summed E-state index contributed by atoms with van der Waals surface area (Å²) in [6.07, 6.45) is 3.39. The van der Waals surface area contributed by atoms with Gasteiger partial charge in [-0.15, -0.1) is 0 Å². The molecule has 3 rings (SSSR count). The van der Waals surface area contributed by atoms with Gasteiger partial charge in [0.25, 0.3) is 5.91 Å². The van der Waals surface area contributed by atoms with Crippen LogP contribution >= 0.6 is 11.6 Å². The maximum atomic E-state index is 12.7. The fourth-order valence-electron chi connectivity index (χ4n) is 2.80. The number of aryl methyl sites for hydroxylation is 1. The predicted molar refractivity (Wildman–Crippen MR) is 113 cm³/mol. The van der Waals surface area contributed by atoms with Crippen LogP contribution in [0.15, 0.2) is 54.9 Å². The van der Waals surface area contributed by atoms with Gasteiger partial charge in [0, 0.05) is 35.3 Å². The number of nitrogens with zero attached hydrogens (tertiary/aromatic N) is 2. The fourth-order valence-corrected chi connectivity index (χ4v) is 2.99. The first-order chi connectivity index (χ1) is 13.4. The van der Waals surface area contributed by atoms with Crippen LogP contribution in [0.1, 0.15) is 46.9 Å². The van der Waals surface area contributed by atoms with Crippen LogP contribution in [0.5, 0.6) is 0 Å². The van der Waals surface area contributed by atoms with Gasteiger partial charge in [-0.25, -0.2) is 4.98 Å². The number of anilines is 2. The maximum absolute atomic E-state index is 12.7. The number of nitrogens with one attached hydrogen (secondary N) is 2. The van der Waals surface area contributed by atoms with Crippen molar-refractivity contribution in [1.29, 1.82) is 0 Å². The van der Waals surface area contributed by atoms with Crippen LogP contribution in [-0.4, -0.2) is 15.9 Å². The average molecular weight is 395 g/mol. The first-order valence-corrected chi connectivity index (χ1v) is 9.52. The van der Waals surface area contributed by atoms with E-state index in [0.717, 1.165) is 22.5 Å². The Balaban J connectivity index is 1.76. The zero-order valence-corrected chi connectivity index (χ0v) is 16.9. The van der Waals surface area contributed by atoms with Crippen LogP contribution < -0.4 is 10.6 Å². The van der Waals surface area contributed by atoms with Crippen molar-refractivity contribution in [2.24, 2.45) is 0 Å². The van der Waals surface area contributed by atoms with E-state index in [-0.39, 0.29) is 11.8 Å². The standard InChI is InChI=1S/C22H23ClN4O/c1-14(2)19-10-21(27-18-6-4-5-17(23)9-18)25-13-20(19)22(28)26-12-16-8-7-15(3)24-11-16/h4-11,13-14H,12H2,1-3H3,(H,25,27)(H,26,28). The number of amides is 1. The summed E-state index contributed by atoms with van der Waals surface area (Å²) in [6.45, 7) is 6.46. The second-order valence-corrected chi connectivity index (χ2v) is 7.37. The van der Waals surface area contributed by atoms with Crippen LogP contribution in [0.25, 0.3) is 0 Å². The molecule has 5 nitrogen and oxygen atoms in total. The van der Waals surface area contributed by atoms with Crippen LogP contribution in [0.4, 0.5) is 11.5 Å². The van der Waals surface area contributed by atoms with E-state index in [1.54, 1.807) is 12.4 Å². The Kier molecular flexibility index (Phi) is 6.26. The van der Waals surface area contributed by atoms with Gasteiger partial charge in [-0.05, 0) is 54.3 Å². The molecule has 0 saturated carbocycles.